The number of fused-ring (bicyclic) bond motifs is 1. The fourth-order valence-corrected chi connectivity index (χ4v) is 3.25. The summed E-state index contributed by atoms with van der Waals surface area (Å²) in [5.41, 5.74) is 1.93. The molecule has 1 N–H and O–H groups in total. The van der Waals surface area contributed by atoms with Crippen LogP contribution in [0.5, 0.6) is 0 Å². The van der Waals surface area contributed by atoms with Crippen molar-refractivity contribution in [1.29, 1.82) is 0 Å². The van der Waals surface area contributed by atoms with Gasteiger partial charge in [0.1, 0.15) is 5.82 Å². The van der Waals surface area contributed by atoms with E-state index < -0.39 is 0 Å². The van der Waals surface area contributed by atoms with Crippen LogP contribution in [-0.2, 0) is 5.75 Å². The highest BCUT2D eigenvalue weighted by Crippen LogP contribution is 2.24. The Balaban J connectivity index is 1.76. The monoisotopic (exact) mass is 262 g/mol. The lowest BCUT2D eigenvalue weighted by molar-refractivity contribution is 0.385. The van der Waals surface area contributed by atoms with Crippen molar-refractivity contribution in [2.45, 2.75) is 5.75 Å². The minimum absolute atomic E-state index is 0.185. The van der Waals surface area contributed by atoms with Crippen molar-refractivity contribution in [3.05, 3.63) is 41.8 Å². The molecule has 1 aliphatic heterocycles. The predicted molar refractivity (Wildman–Crippen MR) is 74.2 cm³/mol. The van der Waals surface area contributed by atoms with E-state index >= 15 is 0 Å². The van der Waals surface area contributed by atoms with Gasteiger partial charge in [-0.15, -0.1) is 0 Å². The predicted octanol–water partition coefficient (Wildman–Crippen LogP) is 2.83. The first-order valence-electron chi connectivity index (χ1n) is 6.15. The van der Waals surface area contributed by atoms with E-state index in [2.05, 4.69) is 10.3 Å². The topological polar surface area (TPSA) is 24.9 Å². The van der Waals surface area contributed by atoms with E-state index in [1.54, 1.807) is 24.4 Å². The normalized spacial score (nSPS) is 15.8. The third-order valence-electron chi connectivity index (χ3n) is 3.28. The lowest BCUT2D eigenvalue weighted by Crippen LogP contribution is -2.43. The Hall–Kier alpha value is -1.13. The number of benzene rings is 1. The maximum absolute atomic E-state index is 13.6. The summed E-state index contributed by atoms with van der Waals surface area (Å²) in [6.07, 6.45) is 1.73. The second kappa shape index (κ2) is 5.24. The molecular weight excluding hydrogens is 247 g/mol. The van der Waals surface area contributed by atoms with Crippen LogP contribution in [0.25, 0.3) is 10.9 Å². The third kappa shape index (κ3) is 2.35. The molecule has 0 aliphatic carbocycles. The Morgan fingerprint density at radius 3 is 3.00 bits per heavy atom. The molecule has 0 spiro atoms. The Labute approximate surface area is 110 Å². The molecule has 0 amide bonds. The zero-order chi connectivity index (χ0) is 12.4. The van der Waals surface area contributed by atoms with Crippen LogP contribution in [0.4, 0.5) is 4.39 Å². The number of thioether (sulfide) groups is 1. The molecule has 1 fully saturated rings. The molecule has 0 radical (unpaired) electrons. The minimum Gasteiger partial charge on any atom is -0.316 e. The van der Waals surface area contributed by atoms with Crippen molar-refractivity contribution in [3.8, 4) is 0 Å². The van der Waals surface area contributed by atoms with Gasteiger partial charge in [0.05, 0.1) is 5.52 Å². The summed E-state index contributed by atoms with van der Waals surface area (Å²) in [6.45, 7) is 2.27. The summed E-state index contributed by atoms with van der Waals surface area (Å²) in [5.74, 6) is 2.69. The lowest BCUT2D eigenvalue weighted by atomic mass is 10.1. The van der Waals surface area contributed by atoms with Gasteiger partial charge < -0.3 is 5.32 Å². The van der Waals surface area contributed by atoms with Crippen LogP contribution in [0.3, 0.4) is 0 Å². The first-order valence-corrected chi connectivity index (χ1v) is 7.30. The van der Waals surface area contributed by atoms with Crippen molar-refractivity contribution < 1.29 is 4.39 Å². The molecule has 0 bridgehead atoms. The van der Waals surface area contributed by atoms with E-state index in [4.69, 9.17) is 0 Å². The van der Waals surface area contributed by atoms with E-state index in [1.165, 1.54) is 5.75 Å². The second-order valence-corrected chi connectivity index (χ2v) is 5.68. The molecular formula is C14H15FN2S. The average Bonchev–Trinajstić information content (AvgIpc) is 2.35. The fraction of sp³-hybridized carbons (Fsp3) is 0.357. The number of pyridine rings is 1. The quantitative estimate of drug-likeness (QED) is 0.917. The number of hydrogen-bond donors (Lipinski definition) is 1. The van der Waals surface area contributed by atoms with Crippen LogP contribution < -0.4 is 5.32 Å². The van der Waals surface area contributed by atoms with Gasteiger partial charge in [-0.2, -0.15) is 11.8 Å². The average molecular weight is 262 g/mol. The molecule has 3 rings (SSSR count). The molecule has 1 aromatic carbocycles. The van der Waals surface area contributed by atoms with Gasteiger partial charge in [0.25, 0.3) is 0 Å². The van der Waals surface area contributed by atoms with Gasteiger partial charge in [-0.3, -0.25) is 4.98 Å². The standard InChI is InChI=1S/C14H15FN2S/c15-13-4-3-11(9-18-8-10-6-16-7-10)14-12(13)2-1-5-17-14/h1-5,10,16H,6-9H2. The second-order valence-electron chi connectivity index (χ2n) is 4.65. The van der Waals surface area contributed by atoms with Crippen LogP contribution in [0.2, 0.25) is 0 Å². The molecule has 94 valence electrons. The summed E-state index contributed by atoms with van der Waals surface area (Å²) in [5, 5.41) is 3.90. The van der Waals surface area contributed by atoms with Crippen molar-refractivity contribution in [3.63, 3.8) is 0 Å². The molecule has 18 heavy (non-hydrogen) atoms. The highest BCUT2D eigenvalue weighted by atomic mass is 32.2. The summed E-state index contributed by atoms with van der Waals surface area (Å²) in [6, 6.07) is 6.98. The smallest absolute Gasteiger partial charge is 0.132 e. The number of nitrogens with zero attached hydrogens (tertiary/aromatic N) is 1. The van der Waals surface area contributed by atoms with E-state index in [9.17, 15) is 4.39 Å². The third-order valence-corrected chi connectivity index (χ3v) is 4.50. The first kappa shape index (κ1) is 11.9. The zero-order valence-electron chi connectivity index (χ0n) is 10.0. The molecule has 1 saturated heterocycles. The largest absolute Gasteiger partial charge is 0.316 e. The summed E-state index contributed by atoms with van der Waals surface area (Å²) < 4.78 is 13.6. The van der Waals surface area contributed by atoms with Crippen LogP contribution in [0.1, 0.15) is 5.56 Å². The van der Waals surface area contributed by atoms with E-state index in [0.29, 0.717) is 5.39 Å². The minimum atomic E-state index is -0.185. The number of rotatable bonds is 4. The lowest BCUT2D eigenvalue weighted by Gasteiger charge is -2.26. The highest BCUT2D eigenvalue weighted by Gasteiger charge is 2.16. The molecule has 1 aromatic heterocycles. The van der Waals surface area contributed by atoms with Crippen molar-refractivity contribution >= 4 is 22.7 Å². The summed E-state index contributed by atoms with van der Waals surface area (Å²) in [4.78, 5) is 4.31. The number of aromatic nitrogens is 1. The van der Waals surface area contributed by atoms with Crippen LogP contribution in [-0.4, -0.2) is 23.8 Å². The summed E-state index contributed by atoms with van der Waals surface area (Å²) in [7, 11) is 0. The van der Waals surface area contributed by atoms with Crippen LogP contribution >= 0.6 is 11.8 Å². The first-order chi connectivity index (χ1) is 8.84. The van der Waals surface area contributed by atoms with Crippen molar-refractivity contribution in [1.82, 2.24) is 10.3 Å². The van der Waals surface area contributed by atoms with Gasteiger partial charge in [-0.25, -0.2) is 4.39 Å². The Morgan fingerprint density at radius 2 is 2.22 bits per heavy atom. The Morgan fingerprint density at radius 1 is 1.33 bits per heavy atom. The Bertz CT molecular complexity index is 554. The van der Waals surface area contributed by atoms with Gasteiger partial charge in [-0.05, 0) is 48.5 Å². The highest BCUT2D eigenvalue weighted by molar-refractivity contribution is 7.98. The molecule has 4 heteroatoms. The van der Waals surface area contributed by atoms with Gasteiger partial charge >= 0.3 is 0 Å². The molecule has 2 heterocycles. The fourth-order valence-electron chi connectivity index (χ4n) is 2.11. The maximum atomic E-state index is 13.6. The van der Waals surface area contributed by atoms with E-state index in [0.717, 1.165) is 35.8 Å². The van der Waals surface area contributed by atoms with E-state index in [-0.39, 0.29) is 5.82 Å². The number of nitrogens with one attached hydrogen (secondary N) is 1. The van der Waals surface area contributed by atoms with Gasteiger partial charge in [0.15, 0.2) is 0 Å². The molecule has 0 atom stereocenters. The summed E-state index contributed by atoms with van der Waals surface area (Å²) >= 11 is 1.91. The molecule has 2 aromatic rings. The Kier molecular flexibility index (Phi) is 3.48. The molecule has 1 aliphatic rings. The molecule has 0 saturated carbocycles. The van der Waals surface area contributed by atoms with Gasteiger partial charge in [0, 0.05) is 17.3 Å². The molecule has 2 nitrogen and oxygen atoms in total. The van der Waals surface area contributed by atoms with Gasteiger partial charge in [0.2, 0.25) is 0 Å². The number of halogens is 1. The van der Waals surface area contributed by atoms with E-state index in [1.807, 2.05) is 17.8 Å². The SMILES string of the molecule is Fc1ccc(CSCC2CNC2)c2ncccc12. The van der Waals surface area contributed by atoms with Gasteiger partial charge in [-0.1, -0.05) is 6.07 Å². The van der Waals surface area contributed by atoms with Crippen LogP contribution in [0, 0.1) is 11.7 Å². The van der Waals surface area contributed by atoms with Crippen molar-refractivity contribution in [2.75, 3.05) is 18.8 Å². The maximum Gasteiger partial charge on any atom is 0.132 e. The zero-order valence-corrected chi connectivity index (χ0v) is 10.8. The number of hydrogen-bond acceptors (Lipinski definition) is 3. The molecule has 0 unspecified atom stereocenters. The van der Waals surface area contributed by atoms with Crippen molar-refractivity contribution in [2.24, 2.45) is 5.92 Å². The van der Waals surface area contributed by atoms with Crippen LogP contribution in [0.15, 0.2) is 30.5 Å².